The van der Waals surface area contributed by atoms with Crippen molar-refractivity contribution < 1.29 is 24.2 Å². The van der Waals surface area contributed by atoms with E-state index in [-0.39, 0.29) is 6.54 Å². The van der Waals surface area contributed by atoms with Crippen molar-refractivity contribution in [1.29, 1.82) is 0 Å². The van der Waals surface area contributed by atoms with Crippen LogP contribution in [0.15, 0.2) is 24.3 Å². The Kier molecular flexibility index (Phi) is 6.22. The summed E-state index contributed by atoms with van der Waals surface area (Å²) in [6.45, 7) is 5.24. The van der Waals surface area contributed by atoms with Gasteiger partial charge in [-0.2, -0.15) is 0 Å². The van der Waals surface area contributed by atoms with Gasteiger partial charge in [-0.1, -0.05) is 12.1 Å². The highest BCUT2D eigenvalue weighted by atomic mass is 16.6. The first-order chi connectivity index (χ1) is 10.2. The van der Waals surface area contributed by atoms with Gasteiger partial charge in [-0.15, -0.1) is 0 Å². The van der Waals surface area contributed by atoms with Crippen molar-refractivity contribution in [2.24, 2.45) is 5.92 Å². The topological polar surface area (TPSA) is 84.9 Å². The number of hydrogen-bond acceptors (Lipinski definition) is 4. The van der Waals surface area contributed by atoms with Crippen LogP contribution in [0.25, 0.3) is 0 Å². The quantitative estimate of drug-likeness (QED) is 0.843. The Bertz CT molecular complexity index is 522. The number of carbonyl (C=O) groups is 2. The number of alkyl carbamates (subject to hydrolysis) is 1. The molecule has 0 aliphatic carbocycles. The second-order valence-electron chi connectivity index (χ2n) is 5.97. The molecule has 0 fully saturated rings. The fourth-order valence-corrected chi connectivity index (χ4v) is 1.85. The van der Waals surface area contributed by atoms with E-state index in [1.54, 1.807) is 46.1 Å². The SMILES string of the molecule is COc1cccc(C[C@@H](CNC(=O)OC(C)(C)C)C(=O)O)c1. The highest BCUT2D eigenvalue weighted by Gasteiger charge is 2.21. The molecule has 0 saturated carbocycles. The summed E-state index contributed by atoms with van der Waals surface area (Å²) in [5.74, 6) is -1.04. The molecule has 0 spiro atoms. The van der Waals surface area contributed by atoms with Crippen LogP contribution in [0.1, 0.15) is 26.3 Å². The number of ether oxygens (including phenoxy) is 2. The van der Waals surface area contributed by atoms with Crippen molar-refractivity contribution in [1.82, 2.24) is 5.32 Å². The summed E-state index contributed by atoms with van der Waals surface area (Å²) in [5, 5.41) is 11.8. The Morgan fingerprint density at radius 1 is 1.32 bits per heavy atom. The van der Waals surface area contributed by atoms with E-state index < -0.39 is 23.6 Å². The molecule has 1 aromatic carbocycles. The smallest absolute Gasteiger partial charge is 0.407 e. The summed E-state index contributed by atoms with van der Waals surface area (Å²) in [6, 6.07) is 7.20. The minimum Gasteiger partial charge on any atom is -0.497 e. The molecule has 1 atom stereocenters. The number of rotatable bonds is 6. The Morgan fingerprint density at radius 3 is 2.55 bits per heavy atom. The molecule has 0 unspecified atom stereocenters. The summed E-state index contributed by atoms with van der Waals surface area (Å²) in [5.41, 5.74) is 0.216. The van der Waals surface area contributed by atoms with Gasteiger partial charge in [-0.25, -0.2) is 4.79 Å². The lowest BCUT2D eigenvalue weighted by Crippen LogP contribution is -2.37. The van der Waals surface area contributed by atoms with Crippen LogP contribution in [-0.4, -0.2) is 36.4 Å². The normalized spacial score (nSPS) is 12.4. The summed E-state index contributed by atoms with van der Waals surface area (Å²) in [6.07, 6.45) is -0.327. The van der Waals surface area contributed by atoms with E-state index in [0.29, 0.717) is 12.2 Å². The van der Waals surface area contributed by atoms with Gasteiger partial charge in [-0.05, 0) is 44.9 Å². The van der Waals surface area contributed by atoms with Gasteiger partial charge in [0.25, 0.3) is 0 Å². The van der Waals surface area contributed by atoms with Crippen LogP contribution in [0.3, 0.4) is 0 Å². The third kappa shape index (κ3) is 6.47. The van der Waals surface area contributed by atoms with Gasteiger partial charge in [-0.3, -0.25) is 4.79 Å². The van der Waals surface area contributed by atoms with E-state index in [0.717, 1.165) is 5.56 Å². The molecule has 1 aromatic rings. The molecule has 122 valence electrons. The van der Waals surface area contributed by atoms with Crippen molar-refractivity contribution in [3.05, 3.63) is 29.8 Å². The fourth-order valence-electron chi connectivity index (χ4n) is 1.85. The van der Waals surface area contributed by atoms with E-state index in [1.165, 1.54) is 0 Å². The number of benzene rings is 1. The number of hydrogen-bond donors (Lipinski definition) is 2. The fraction of sp³-hybridized carbons (Fsp3) is 0.500. The Labute approximate surface area is 130 Å². The van der Waals surface area contributed by atoms with Crippen LogP contribution in [0, 0.1) is 5.92 Å². The van der Waals surface area contributed by atoms with Crippen molar-refractivity contribution in [3.63, 3.8) is 0 Å². The van der Waals surface area contributed by atoms with Crippen molar-refractivity contribution in [2.75, 3.05) is 13.7 Å². The molecule has 1 amide bonds. The van der Waals surface area contributed by atoms with Crippen LogP contribution >= 0.6 is 0 Å². The van der Waals surface area contributed by atoms with Crippen LogP contribution in [0.2, 0.25) is 0 Å². The van der Waals surface area contributed by atoms with Crippen LogP contribution in [0.4, 0.5) is 4.79 Å². The molecule has 0 heterocycles. The zero-order valence-electron chi connectivity index (χ0n) is 13.4. The maximum atomic E-state index is 11.6. The minimum atomic E-state index is -0.973. The lowest BCUT2D eigenvalue weighted by Gasteiger charge is -2.21. The standard InChI is InChI=1S/C16H23NO5/c1-16(2,3)22-15(20)17-10-12(14(18)19)8-11-6-5-7-13(9-11)21-4/h5-7,9,12H,8,10H2,1-4H3,(H,17,20)(H,18,19)/t12-/m0/s1. The molecule has 6 nitrogen and oxygen atoms in total. The molecule has 22 heavy (non-hydrogen) atoms. The number of carbonyl (C=O) groups excluding carboxylic acids is 1. The molecule has 2 N–H and O–H groups in total. The maximum absolute atomic E-state index is 11.6. The Morgan fingerprint density at radius 2 is 2.00 bits per heavy atom. The molecule has 0 aromatic heterocycles. The molecule has 0 aliphatic rings. The van der Waals surface area contributed by atoms with E-state index in [4.69, 9.17) is 9.47 Å². The summed E-state index contributed by atoms with van der Waals surface area (Å²) in [7, 11) is 1.55. The average Bonchev–Trinajstić information content (AvgIpc) is 2.41. The molecular formula is C16H23NO5. The monoisotopic (exact) mass is 309 g/mol. The Balaban J connectivity index is 2.62. The molecular weight excluding hydrogens is 286 g/mol. The second kappa shape index (κ2) is 7.68. The summed E-state index contributed by atoms with van der Waals surface area (Å²) in [4.78, 5) is 22.9. The van der Waals surface area contributed by atoms with E-state index in [2.05, 4.69) is 5.32 Å². The number of nitrogens with one attached hydrogen (secondary N) is 1. The maximum Gasteiger partial charge on any atom is 0.407 e. The Hall–Kier alpha value is -2.24. The van der Waals surface area contributed by atoms with E-state index in [9.17, 15) is 14.7 Å². The van der Waals surface area contributed by atoms with Gasteiger partial charge in [0.2, 0.25) is 0 Å². The number of amides is 1. The first-order valence-electron chi connectivity index (χ1n) is 7.04. The zero-order valence-corrected chi connectivity index (χ0v) is 13.4. The number of aliphatic carboxylic acids is 1. The molecule has 0 saturated heterocycles. The number of carboxylic acids is 1. The number of methoxy groups -OCH3 is 1. The molecule has 0 radical (unpaired) electrons. The third-order valence-electron chi connectivity index (χ3n) is 2.86. The summed E-state index contributed by atoms with van der Waals surface area (Å²) < 4.78 is 10.2. The van der Waals surface area contributed by atoms with E-state index >= 15 is 0 Å². The largest absolute Gasteiger partial charge is 0.497 e. The van der Waals surface area contributed by atoms with Crippen LogP contribution in [0.5, 0.6) is 5.75 Å². The van der Waals surface area contributed by atoms with E-state index in [1.807, 2.05) is 6.07 Å². The summed E-state index contributed by atoms with van der Waals surface area (Å²) >= 11 is 0. The van der Waals surface area contributed by atoms with Gasteiger partial charge in [0.05, 0.1) is 13.0 Å². The first-order valence-corrected chi connectivity index (χ1v) is 7.04. The van der Waals surface area contributed by atoms with Gasteiger partial charge >= 0.3 is 12.1 Å². The second-order valence-corrected chi connectivity index (χ2v) is 5.97. The van der Waals surface area contributed by atoms with Gasteiger partial charge in [0.1, 0.15) is 11.4 Å². The van der Waals surface area contributed by atoms with Crippen LogP contribution in [-0.2, 0) is 16.0 Å². The van der Waals surface area contributed by atoms with Gasteiger partial charge in [0, 0.05) is 6.54 Å². The van der Waals surface area contributed by atoms with Gasteiger partial charge in [0.15, 0.2) is 0 Å². The lowest BCUT2D eigenvalue weighted by molar-refractivity contribution is -0.141. The van der Waals surface area contributed by atoms with Crippen molar-refractivity contribution in [3.8, 4) is 5.75 Å². The first kappa shape index (κ1) is 17.8. The molecule has 1 rings (SSSR count). The zero-order chi connectivity index (χ0) is 16.8. The van der Waals surface area contributed by atoms with Crippen molar-refractivity contribution >= 4 is 12.1 Å². The average molecular weight is 309 g/mol. The minimum absolute atomic E-state index is 0.00144. The predicted molar refractivity (Wildman–Crippen MR) is 82.1 cm³/mol. The molecule has 0 aliphatic heterocycles. The van der Waals surface area contributed by atoms with Crippen LogP contribution < -0.4 is 10.1 Å². The highest BCUT2D eigenvalue weighted by Crippen LogP contribution is 2.16. The lowest BCUT2D eigenvalue weighted by atomic mass is 9.99. The third-order valence-corrected chi connectivity index (χ3v) is 2.86. The highest BCUT2D eigenvalue weighted by molar-refractivity contribution is 5.73. The number of carboxylic acid groups (broad SMARTS) is 1. The van der Waals surface area contributed by atoms with Crippen molar-refractivity contribution in [2.45, 2.75) is 32.8 Å². The van der Waals surface area contributed by atoms with Gasteiger partial charge < -0.3 is 19.9 Å². The molecule has 0 bridgehead atoms. The molecule has 6 heteroatoms. The predicted octanol–water partition coefficient (Wildman–Crippen LogP) is 2.46.